The molecule has 0 bridgehead atoms. The van der Waals surface area contributed by atoms with E-state index in [0.29, 0.717) is 5.88 Å². The number of nitrogens with zero attached hydrogens (tertiary/aromatic N) is 2. The van der Waals surface area contributed by atoms with Gasteiger partial charge in [0.15, 0.2) is 0 Å². The Hall–Kier alpha value is -0.540. The summed E-state index contributed by atoms with van der Waals surface area (Å²) < 4.78 is 3.26. The van der Waals surface area contributed by atoms with E-state index < -0.39 is 0 Å². The predicted octanol–water partition coefficient (Wildman–Crippen LogP) is 4.29. The zero-order valence-corrected chi connectivity index (χ0v) is 11.9. The van der Waals surface area contributed by atoms with Gasteiger partial charge in [-0.2, -0.15) is 0 Å². The highest BCUT2D eigenvalue weighted by Gasteiger charge is 2.20. The summed E-state index contributed by atoms with van der Waals surface area (Å²) in [7, 11) is 0. The number of halogens is 2. The van der Waals surface area contributed by atoms with Crippen molar-refractivity contribution < 1.29 is 0 Å². The molecule has 0 saturated carbocycles. The van der Waals surface area contributed by atoms with Crippen LogP contribution in [0.15, 0.2) is 22.7 Å². The number of alkyl halides is 1. The molecule has 1 aromatic heterocycles. The minimum Gasteiger partial charge on any atom is -0.322 e. The van der Waals surface area contributed by atoms with Crippen LogP contribution in [-0.4, -0.2) is 9.55 Å². The van der Waals surface area contributed by atoms with Crippen molar-refractivity contribution >= 4 is 38.6 Å². The van der Waals surface area contributed by atoms with Crippen LogP contribution >= 0.6 is 27.5 Å². The maximum absolute atomic E-state index is 5.95. The minimum atomic E-state index is -0.0141. The van der Waals surface area contributed by atoms with E-state index in [1.165, 1.54) is 0 Å². The van der Waals surface area contributed by atoms with Gasteiger partial charge in [-0.3, -0.25) is 0 Å². The molecular weight excluding hydrogens is 288 g/mol. The lowest BCUT2D eigenvalue weighted by Crippen LogP contribution is -2.23. The summed E-state index contributed by atoms with van der Waals surface area (Å²) in [6.45, 7) is 6.47. The van der Waals surface area contributed by atoms with E-state index >= 15 is 0 Å². The average Bonchev–Trinajstić information content (AvgIpc) is 2.54. The first kappa shape index (κ1) is 11.9. The van der Waals surface area contributed by atoms with Crippen LogP contribution < -0.4 is 0 Å². The number of hydrogen-bond donors (Lipinski definition) is 0. The lowest BCUT2D eigenvalue weighted by atomic mass is 10.1. The van der Waals surface area contributed by atoms with Gasteiger partial charge in [0.2, 0.25) is 0 Å². The molecule has 0 N–H and O–H groups in total. The normalized spacial score (nSPS) is 12.3. The van der Waals surface area contributed by atoms with Crippen molar-refractivity contribution in [1.29, 1.82) is 0 Å². The van der Waals surface area contributed by atoms with Crippen molar-refractivity contribution in [3.8, 4) is 0 Å². The van der Waals surface area contributed by atoms with Crippen molar-refractivity contribution in [3.05, 3.63) is 28.5 Å². The highest BCUT2D eigenvalue weighted by Crippen LogP contribution is 2.28. The minimum absolute atomic E-state index is 0.0141. The van der Waals surface area contributed by atoms with Crippen LogP contribution in [0.1, 0.15) is 26.6 Å². The molecule has 1 aromatic carbocycles. The van der Waals surface area contributed by atoms with Crippen LogP contribution in [0.3, 0.4) is 0 Å². The molecule has 2 nitrogen and oxygen atoms in total. The SMILES string of the molecule is CC(C)(C)n1c(CCl)nc2ccc(Br)cc21. The number of hydrogen-bond acceptors (Lipinski definition) is 1. The number of fused-ring (bicyclic) bond motifs is 1. The Bertz CT molecular complexity index is 526. The molecule has 4 heteroatoms. The maximum atomic E-state index is 5.95. The van der Waals surface area contributed by atoms with Gasteiger partial charge < -0.3 is 4.57 Å². The summed E-state index contributed by atoms with van der Waals surface area (Å²) in [6, 6.07) is 6.10. The molecular formula is C12H14BrClN2. The number of benzene rings is 1. The third-order valence-electron chi connectivity index (χ3n) is 2.48. The third-order valence-corrected chi connectivity index (χ3v) is 3.21. The zero-order chi connectivity index (χ0) is 11.9. The van der Waals surface area contributed by atoms with Gasteiger partial charge in [0.1, 0.15) is 5.82 Å². The van der Waals surface area contributed by atoms with E-state index in [0.717, 1.165) is 21.3 Å². The van der Waals surface area contributed by atoms with Crippen molar-refractivity contribution in [2.24, 2.45) is 0 Å². The van der Waals surface area contributed by atoms with E-state index in [1.807, 2.05) is 12.1 Å². The predicted molar refractivity (Wildman–Crippen MR) is 72.0 cm³/mol. The molecule has 0 aliphatic heterocycles. The van der Waals surface area contributed by atoms with Gasteiger partial charge in [-0.15, -0.1) is 11.6 Å². The summed E-state index contributed by atoms with van der Waals surface area (Å²) in [5.41, 5.74) is 2.10. The van der Waals surface area contributed by atoms with Gasteiger partial charge in [-0.25, -0.2) is 4.98 Å². The van der Waals surface area contributed by atoms with E-state index in [9.17, 15) is 0 Å². The lowest BCUT2D eigenvalue weighted by Gasteiger charge is -2.24. The first-order valence-corrected chi connectivity index (χ1v) is 6.49. The molecule has 0 unspecified atom stereocenters. The lowest BCUT2D eigenvalue weighted by molar-refractivity contribution is 0.398. The number of aromatic nitrogens is 2. The average molecular weight is 302 g/mol. The van der Waals surface area contributed by atoms with Crippen molar-refractivity contribution in [2.45, 2.75) is 32.2 Å². The Kier molecular flexibility index (Phi) is 3.01. The first-order valence-electron chi connectivity index (χ1n) is 5.17. The summed E-state index contributed by atoms with van der Waals surface area (Å²) in [5, 5.41) is 0. The highest BCUT2D eigenvalue weighted by atomic mass is 79.9. The molecule has 0 fully saturated rings. The van der Waals surface area contributed by atoms with E-state index in [-0.39, 0.29) is 5.54 Å². The molecule has 86 valence electrons. The summed E-state index contributed by atoms with van der Waals surface area (Å²) in [6.07, 6.45) is 0. The Morgan fingerprint density at radius 3 is 2.62 bits per heavy atom. The fourth-order valence-electron chi connectivity index (χ4n) is 1.94. The number of rotatable bonds is 1. The molecule has 0 saturated heterocycles. The summed E-state index contributed by atoms with van der Waals surface area (Å²) in [5.74, 6) is 1.35. The molecule has 0 amide bonds. The molecule has 2 aromatic rings. The second-order valence-corrected chi connectivity index (χ2v) is 5.98. The largest absolute Gasteiger partial charge is 0.322 e. The Balaban J connectivity index is 2.81. The van der Waals surface area contributed by atoms with Gasteiger partial charge in [-0.05, 0) is 39.0 Å². The van der Waals surface area contributed by atoms with E-state index in [1.54, 1.807) is 0 Å². The number of imidazole rings is 1. The molecule has 0 radical (unpaired) electrons. The van der Waals surface area contributed by atoms with Gasteiger partial charge >= 0.3 is 0 Å². The van der Waals surface area contributed by atoms with Crippen LogP contribution in [0.5, 0.6) is 0 Å². The maximum Gasteiger partial charge on any atom is 0.125 e. The van der Waals surface area contributed by atoms with Crippen molar-refractivity contribution in [1.82, 2.24) is 9.55 Å². The monoisotopic (exact) mass is 300 g/mol. The van der Waals surface area contributed by atoms with Crippen LogP contribution in [0.4, 0.5) is 0 Å². The van der Waals surface area contributed by atoms with Crippen LogP contribution in [0, 0.1) is 0 Å². The molecule has 0 spiro atoms. The van der Waals surface area contributed by atoms with Gasteiger partial charge in [0.05, 0.1) is 16.9 Å². The quantitative estimate of drug-likeness (QED) is 0.718. The van der Waals surface area contributed by atoms with Gasteiger partial charge in [-0.1, -0.05) is 15.9 Å². The third kappa shape index (κ3) is 1.98. The second kappa shape index (κ2) is 4.04. The summed E-state index contributed by atoms with van der Waals surface area (Å²) >= 11 is 9.44. The molecule has 0 aliphatic rings. The second-order valence-electron chi connectivity index (χ2n) is 4.80. The van der Waals surface area contributed by atoms with Gasteiger partial charge in [0, 0.05) is 10.0 Å². The smallest absolute Gasteiger partial charge is 0.125 e. The van der Waals surface area contributed by atoms with Crippen LogP contribution in [0.2, 0.25) is 0 Å². The fraction of sp³-hybridized carbons (Fsp3) is 0.417. The zero-order valence-electron chi connectivity index (χ0n) is 9.59. The Morgan fingerprint density at radius 2 is 2.06 bits per heavy atom. The first-order chi connectivity index (χ1) is 7.43. The van der Waals surface area contributed by atoms with Crippen molar-refractivity contribution in [3.63, 3.8) is 0 Å². The summed E-state index contributed by atoms with van der Waals surface area (Å²) in [4.78, 5) is 4.55. The van der Waals surface area contributed by atoms with Crippen LogP contribution in [-0.2, 0) is 11.4 Å². The Morgan fingerprint density at radius 1 is 1.38 bits per heavy atom. The molecule has 16 heavy (non-hydrogen) atoms. The standard InChI is InChI=1S/C12H14BrClN2/c1-12(2,3)16-10-6-8(13)4-5-9(10)15-11(16)7-14/h4-6H,7H2,1-3H3. The van der Waals surface area contributed by atoms with Crippen molar-refractivity contribution in [2.75, 3.05) is 0 Å². The Labute approximate surface area is 109 Å². The topological polar surface area (TPSA) is 17.8 Å². The van der Waals surface area contributed by atoms with Gasteiger partial charge in [0.25, 0.3) is 0 Å². The molecule has 0 atom stereocenters. The van der Waals surface area contributed by atoms with E-state index in [2.05, 4.69) is 52.3 Å². The molecule has 0 aliphatic carbocycles. The highest BCUT2D eigenvalue weighted by molar-refractivity contribution is 9.10. The molecule has 2 rings (SSSR count). The van der Waals surface area contributed by atoms with Crippen LogP contribution in [0.25, 0.3) is 11.0 Å². The molecule has 1 heterocycles. The van der Waals surface area contributed by atoms with E-state index in [4.69, 9.17) is 11.6 Å². The fourth-order valence-corrected chi connectivity index (χ4v) is 2.46.